The number of carbonyl (C=O) groups is 1. The Bertz CT molecular complexity index is 652. The van der Waals surface area contributed by atoms with E-state index in [2.05, 4.69) is 18.8 Å². The van der Waals surface area contributed by atoms with Crippen LogP contribution in [0.5, 0.6) is 0 Å². The Labute approximate surface area is 122 Å². The second kappa shape index (κ2) is 4.74. The second-order valence-electron chi connectivity index (χ2n) is 6.17. The molecule has 0 aliphatic carbocycles. The van der Waals surface area contributed by atoms with Gasteiger partial charge in [0.2, 0.25) is 0 Å². The lowest BCUT2D eigenvalue weighted by atomic mass is 9.82. The van der Waals surface area contributed by atoms with Crippen molar-refractivity contribution in [2.75, 3.05) is 18.8 Å². The summed E-state index contributed by atoms with van der Waals surface area (Å²) >= 11 is 1.45. The minimum absolute atomic E-state index is 0.0687. The third-order valence-electron chi connectivity index (χ3n) is 4.13. The van der Waals surface area contributed by atoms with E-state index in [0.717, 1.165) is 36.0 Å². The van der Waals surface area contributed by atoms with Crippen molar-refractivity contribution in [3.63, 3.8) is 0 Å². The van der Waals surface area contributed by atoms with Gasteiger partial charge in [-0.2, -0.15) is 0 Å². The maximum absolute atomic E-state index is 12.6. The molecule has 1 aliphatic rings. The summed E-state index contributed by atoms with van der Waals surface area (Å²) in [4.78, 5) is 19.3. The summed E-state index contributed by atoms with van der Waals surface area (Å²) in [5.41, 5.74) is 7.07. The van der Waals surface area contributed by atoms with Crippen LogP contribution in [0, 0.1) is 5.41 Å². The van der Waals surface area contributed by atoms with Gasteiger partial charge in [-0.05, 0) is 24.3 Å². The molecule has 4 nitrogen and oxygen atoms in total. The molecular weight excluding hydrogens is 270 g/mol. The molecule has 2 N–H and O–H groups in total. The van der Waals surface area contributed by atoms with Crippen LogP contribution in [-0.4, -0.2) is 28.9 Å². The summed E-state index contributed by atoms with van der Waals surface area (Å²) < 4.78 is 0.977. The molecule has 3 heterocycles. The van der Waals surface area contributed by atoms with Crippen molar-refractivity contribution in [1.29, 1.82) is 0 Å². The van der Waals surface area contributed by atoms with E-state index in [1.807, 2.05) is 11.0 Å². The molecule has 0 radical (unpaired) electrons. The predicted octanol–water partition coefficient (Wildman–Crippen LogP) is 3.14. The molecule has 3 rings (SSSR count). The molecule has 1 saturated heterocycles. The fourth-order valence-corrected chi connectivity index (χ4v) is 3.65. The number of likely N-dealkylation sites (tertiary alicyclic amines) is 1. The highest BCUT2D eigenvalue weighted by Crippen LogP contribution is 2.36. The van der Waals surface area contributed by atoms with Gasteiger partial charge in [-0.25, -0.2) is 0 Å². The number of nitrogens with zero attached hydrogens (tertiary/aromatic N) is 2. The van der Waals surface area contributed by atoms with Crippen LogP contribution >= 0.6 is 11.3 Å². The maximum atomic E-state index is 12.6. The molecule has 0 saturated carbocycles. The van der Waals surface area contributed by atoms with E-state index < -0.39 is 0 Å². The Kier molecular flexibility index (Phi) is 3.17. The molecular formula is C15H19N3OS. The number of anilines is 1. The van der Waals surface area contributed by atoms with Crippen molar-refractivity contribution in [3.8, 4) is 0 Å². The minimum atomic E-state index is 0.0687. The molecule has 0 bridgehead atoms. The van der Waals surface area contributed by atoms with Gasteiger partial charge in [0.05, 0.1) is 10.4 Å². The monoisotopic (exact) mass is 289 g/mol. The van der Waals surface area contributed by atoms with Gasteiger partial charge in [0.1, 0.15) is 4.88 Å². The van der Waals surface area contributed by atoms with Gasteiger partial charge < -0.3 is 10.6 Å². The first kappa shape index (κ1) is 13.4. The lowest BCUT2D eigenvalue weighted by Gasteiger charge is -2.36. The Morgan fingerprint density at radius 1 is 1.40 bits per heavy atom. The van der Waals surface area contributed by atoms with Gasteiger partial charge in [-0.15, -0.1) is 11.3 Å². The first-order valence-electron chi connectivity index (χ1n) is 6.89. The molecule has 2 aromatic rings. The van der Waals surface area contributed by atoms with E-state index in [9.17, 15) is 4.79 Å². The number of nitrogens with two attached hydrogens (primary N) is 1. The minimum Gasteiger partial charge on any atom is -0.397 e. The molecule has 0 unspecified atom stereocenters. The van der Waals surface area contributed by atoms with Crippen LogP contribution in [0.3, 0.4) is 0 Å². The van der Waals surface area contributed by atoms with Crippen LogP contribution in [0.15, 0.2) is 18.5 Å². The average molecular weight is 289 g/mol. The predicted molar refractivity (Wildman–Crippen MR) is 83.0 cm³/mol. The third kappa shape index (κ3) is 2.26. The van der Waals surface area contributed by atoms with E-state index in [-0.39, 0.29) is 5.91 Å². The number of amides is 1. The molecule has 1 amide bonds. The van der Waals surface area contributed by atoms with Crippen molar-refractivity contribution in [2.24, 2.45) is 5.41 Å². The van der Waals surface area contributed by atoms with Gasteiger partial charge in [-0.3, -0.25) is 9.78 Å². The summed E-state index contributed by atoms with van der Waals surface area (Å²) in [5.74, 6) is 0.0687. The van der Waals surface area contributed by atoms with Crippen molar-refractivity contribution in [1.82, 2.24) is 9.88 Å². The molecule has 20 heavy (non-hydrogen) atoms. The molecule has 0 aromatic carbocycles. The lowest BCUT2D eigenvalue weighted by molar-refractivity contribution is 0.0636. The Balaban J connectivity index is 1.88. The zero-order valence-corrected chi connectivity index (χ0v) is 12.7. The number of thiophene rings is 1. The molecule has 2 aromatic heterocycles. The Morgan fingerprint density at radius 2 is 2.10 bits per heavy atom. The normalized spacial score (nSPS) is 18.4. The summed E-state index contributed by atoms with van der Waals surface area (Å²) in [6.07, 6.45) is 5.58. The first-order chi connectivity index (χ1) is 9.48. The van der Waals surface area contributed by atoms with Gasteiger partial charge in [0.15, 0.2) is 0 Å². The van der Waals surface area contributed by atoms with Gasteiger partial charge >= 0.3 is 0 Å². The number of carbonyl (C=O) groups excluding carboxylic acids is 1. The zero-order valence-electron chi connectivity index (χ0n) is 11.8. The molecule has 0 spiro atoms. The standard InChI is InChI=1S/C15H19N3OS/c1-15(2)4-7-18(8-5-15)14(19)13-12(16)10-3-6-17-9-11(10)20-13/h3,6,9H,4-5,7-8,16H2,1-2H3. The van der Waals surface area contributed by atoms with E-state index in [1.165, 1.54) is 11.3 Å². The molecule has 1 aliphatic heterocycles. The van der Waals surface area contributed by atoms with Crippen LogP contribution in [-0.2, 0) is 0 Å². The summed E-state index contributed by atoms with van der Waals surface area (Å²) in [6, 6.07) is 1.87. The van der Waals surface area contributed by atoms with Gasteiger partial charge in [0.25, 0.3) is 5.91 Å². The number of pyridine rings is 1. The number of aromatic nitrogens is 1. The van der Waals surface area contributed by atoms with Gasteiger partial charge in [-0.1, -0.05) is 13.8 Å². The van der Waals surface area contributed by atoms with Gasteiger partial charge in [0, 0.05) is 30.9 Å². The molecule has 5 heteroatoms. The van der Waals surface area contributed by atoms with Crippen LogP contribution in [0.4, 0.5) is 5.69 Å². The average Bonchev–Trinajstić information content (AvgIpc) is 2.76. The topological polar surface area (TPSA) is 59.2 Å². The molecule has 106 valence electrons. The summed E-state index contributed by atoms with van der Waals surface area (Å²) in [5, 5.41) is 0.936. The van der Waals surface area contributed by atoms with Crippen LogP contribution in [0.2, 0.25) is 0 Å². The van der Waals surface area contributed by atoms with Crippen molar-refractivity contribution < 1.29 is 4.79 Å². The SMILES string of the molecule is CC1(C)CCN(C(=O)c2sc3cnccc3c2N)CC1. The number of fused-ring (bicyclic) bond motifs is 1. The van der Waals surface area contributed by atoms with Crippen LogP contribution in [0.25, 0.3) is 10.1 Å². The Hall–Kier alpha value is -1.62. The molecule has 1 fully saturated rings. The van der Waals surface area contributed by atoms with E-state index in [1.54, 1.807) is 12.4 Å². The number of nitrogen functional groups attached to an aromatic ring is 1. The first-order valence-corrected chi connectivity index (χ1v) is 7.71. The highest BCUT2D eigenvalue weighted by Gasteiger charge is 2.30. The van der Waals surface area contributed by atoms with Crippen molar-refractivity contribution >= 4 is 33.0 Å². The smallest absolute Gasteiger partial charge is 0.266 e. The third-order valence-corrected chi connectivity index (χ3v) is 5.27. The van der Waals surface area contributed by atoms with E-state index >= 15 is 0 Å². The fourth-order valence-electron chi connectivity index (χ4n) is 2.59. The molecule has 0 atom stereocenters. The Morgan fingerprint density at radius 3 is 2.75 bits per heavy atom. The van der Waals surface area contributed by atoms with Crippen molar-refractivity contribution in [3.05, 3.63) is 23.3 Å². The number of hydrogen-bond donors (Lipinski definition) is 1. The van der Waals surface area contributed by atoms with Crippen molar-refractivity contribution in [2.45, 2.75) is 26.7 Å². The largest absolute Gasteiger partial charge is 0.397 e. The van der Waals surface area contributed by atoms with E-state index in [4.69, 9.17) is 5.73 Å². The fraction of sp³-hybridized carbons (Fsp3) is 0.467. The van der Waals surface area contributed by atoms with E-state index in [0.29, 0.717) is 16.0 Å². The highest BCUT2D eigenvalue weighted by atomic mass is 32.1. The summed E-state index contributed by atoms with van der Waals surface area (Å²) in [7, 11) is 0. The van der Waals surface area contributed by atoms with Crippen LogP contribution < -0.4 is 5.73 Å². The highest BCUT2D eigenvalue weighted by molar-refractivity contribution is 7.21. The number of hydrogen-bond acceptors (Lipinski definition) is 4. The number of rotatable bonds is 1. The maximum Gasteiger partial charge on any atom is 0.266 e. The lowest BCUT2D eigenvalue weighted by Crippen LogP contribution is -2.41. The van der Waals surface area contributed by atoms with Crippen LogP contribution in [0.1, 0.15) is 36.4 Å². The quantitative estimate of drug-likeness (QED) is 0.877. The zero-order chi connectivity index (χ0) is 14.3. The number of piperidine rings is 1. The second-order valence-corrected chi connectivity index (χ2v) is 7.23. The summed E-state index contributed by atoms with van der Waals surface area (Å²) in [6.45, 7) is 6.15.